The van der Waals surface area contributed by atoms with Gasteiger partial charge in [0.1, 0.15) is 11.6 Å². The van der Waals surface area contributed by atoms with Crippen LogP contribution < -0.4 is 0 Å². The predicted molar refractivity (Wildman–Crippen MR) is 76.5 cm³/mol. The number of carboxylic acid groups (broad SMARTS) is 1. The fourth-order valence-electron chi connectivity index (χ4n) is 2.69. The number of carbonyl (C=O) groups excluding carboxylic acids is 1. The smallest absolute Gasteiger partial charge is 0.411 e. The molecule has 0 aliphatic carbocycles. The Labute approximate surface area is 121 Å². The van der Waals surface area contributed by atoms with E-state index in [2.05, 4.69) is 13.8 Å². The normalized spacial score (nSPS) is 23.8. The number of carboxylic acids is 1. The average molecular weight is 285 g/mol. The van der Waals surface area contributed by atoms with Gasteiger partial charge in [-0.05, 0) is 51.9 Å². The van der Waals surface area contributed by atoms with Crippen molar-refractivity contribution >= 4 is 12.1 Å². The van der Waals surface area contributed by atoms with Gasteiger partial charge in [-0.3, -0.25) is 4.90 Å². The topological polar surface area (TPSA) is 66.8 Å². The van der Waals surface area contributed by atoms with E-state index in [4.69, 9.17) is 4.74 Å². The van der Waals surface area contributed by atoms with Crippen molar-refractivity contribution in [3.8, 4) is 0 Å². The highest BCUT2D eigenvalue weighted by Gasteiger charge is 2.38. The van der Waals surface area contributed by atoms with Crippen LogP contribution in [0.25, 0.3) is 0 Å². The van der Waals surface area contributed by atoms with Crippen molar-refractivity contribution in [1.29, 1.82) is 0 Å². The standard InChI is InChI=1S/C15H27NO4/c1-10(2)8-11-6-7-16(12(9-11)13(17)18)14(19)20-15(3,4)5/h10-12H,6-9H2,1-5H3,(H,17,18)/t11-,12-/m1/s1. The first-order valence-corrected chi connectivity index (χ1v) is 7.32. The number of aliphatic carboxylic acids is 1. The van der Waals surface area contributed by atoms with Crippen LogP contribution in [0.1, 0.15) is 53.9 Å². The van der Waals surface area contributed by atoms with Gasteiger partial charge in [0.25, 0.3) is 0 Å². The number of piperidine rings is 1. The average Bonchev–Trinajstić information content (AvgIpc) is 2.25. The Morgan fingerprint density at radius 3 is 2.40 bits per heavy atom. The van der Waals surface area contributed by atoms with Gasteiger partial charge in [-0.25, -0.2) is 9.59 Å². The summed E-state index contributed by atoms with van der Waals surface area (Å²) in [5.74, 6) is -0.0263. The molecule has 1 saturated heterocycles. The molecule has 1 aliphatic rings. The minimum atomic E-state index is -0.940. The zero-order chi connectivity index (χ0) is 15.5. The molecule has 1 aliphatic heterocycles. The number of ether oxygens (including phenoxy) is 1. The molecular formula is C15H27NO4. The number of amides is 1. The van der Waals surface area contributed by atoms with Crippen LogP contribution in [0.15, 0.2) is 0 Å². The van der Waals surface area contributed by atoms with Crippen molar-refractivity contribution in [2.24, 2.45) is 11.8 Å². The number of nitrogens with zero attached hydrogens (tertiary/aromatic N) is 1. The van der Waals surface area contributed by atoms with E-state index in [1.807, 2.05) is 0 Å². The van der Waals surface area contributed by atoms with Crippen LogP contribution in [0, 0.1) is 11.8 Å². The van der Waals surface area contributed by atoms with E-state index < -0.39 is 23.7 Å². The summed E-state index contributed by atoms with van der Waals surface area (Å²) in [6.45, 7) is 10.1. The van der Waals surface area contributed by atoms with E-state index >= 15 is 0 Å². The monoisotopic (exact) mass is 285 g/mol. The summed E-state index contributed by atoms with van der Waals surface area (Å²) < 4.78 is 5.30. The summed E-state index contributed by atoms with van der Waals surface area (Å²) in [6, 6.07) is -0.762. The van der Waals surface area contributed by atoms with E-state index in [0.717, 1.165) is 12.8 Å². The van der Waals surface area contributed by atoms with Crippen LogP contribution in [0.4, 0.5) is 4.79 Å². The molecule has 0 radical (unpaired) electrons. The van der Waals surface area contributed by atoms with Crippen molar-refractivity contribution < 1.29 is 19.4 Å². The van der Waals surface area contributed by atoms with Crippen LogP contribution in [0.3, 0.4) is 0 Å². The molecule has 0 aromatic heterocycles. The van der Waals surface area contributed by atoms with E-state index in [1.54, 1.807) is 20.8 Å². The maximum Gasteiger partial charge on any atom is 0.411 e. The first kappa shape index (κ1) is 16.8. The molecule has 0 saturated carbocycles. The number of likely N-dealkylation sites (tertiary alicyclic amines) is 1. The van der Waals surface area contributed by atoms with E-state index in [9.17, 15) is 14.7 Å². The molecule has 5 nitrogen and oxygen atoms in total. The molecule has 5 heteroatoms. The number of hydrogen-bond acceptors (Lipinski definition) is 3. The lowest BCUT2D eigenvalue weighted by Gasteiger charge is -2.38. The molecule has 1 heterocycles. The Balaban J connectivity index is 2.72. The molecule has 0 spiro atoms. The molecule has 0 aromatic rings. The van der Waals surface area contributed by atoms with Gasteiger partial charge in [-0.1, -0.05) is 13.8 Å². The van der Waals surface area contributed by atoms with Crippen LogP contribution >= 0.6 is 0 Å². The Hall–Kier alpha value is -1.26. The lowest BCUT2D eigenvalue weighted by Crippen LogP contribution is -2.51. The third-order valence-electron chi connectivity index (χ3n) is 3.43. The number of rotatable bonds is 3. The summed E-state index contributed by atoms with van der Waals surface area (Å²) in [4.78, 5) is 24.9. The van der Waals surface area contributed by atoms with Crippen LogP contribution in [0.2, 0.25) is 0 Å². The number of hydrogen-bond donors (Lipinski definition) is 1. The van der Waals surface area contributed by atoms with E-state index in [-0.39, 0.29) is 0 Å². The van der Waals surface area contributed by atoms with Gasteiger partial charge < -0.3 is 9.84 Å². The molecule has 1 rings (SSSR count). The molecule has 116 valence electrons. The minimum Gasteiger partial charge on any atom is -0.480 e. The molecule has 1 fully saturated rings. The Morgan fingerprint density at radius 1 is 1.35 bits per heavy atom. The highest BCUT2D eigenvalue weighted by Crippen LogP contribution is 2.29. The Morgan fingerprint density at radius 2 is 1.95 bits per heavy atom. The second-order valence-corrected chi connectivity index (χ2v) is 7.05. The molecule has 0 bridgehead atoms. The molecular weight excluding hydrogens is 258 g/mol. The van der Waals surface area contributed by atoms with E-state index in [0.29, 0.717) is 24.8 Å². The lowest BCUT2D eigenvalue weighted by molar-refractivity contribution is -0.145. The van der Waals surface area contributed by atoms with Gasteiger partial charge in [-0.15, -0.1) is 0 Å². The molecule has 0 unspecified atom stereocenters. The van der Waals surface area contributed by atoms with Gasteiger partial charge in [-0.2, -0.15) is 0 Å². The summed E-state index contributed by atoms with van der Waals surface area (Å²) >= 11 is 0. The predicted octanol–water partition coefficient (Wildman–Crippen LogP) is 3.13. The van der Waals surface area contributed by atoms with Gasteiger partial charge in [0.2, 0.25) is 0 Å². The highest BCUT2D eigenvalue weighted by molar-refractivity contribution is 5.80. The van der Waals surface area contributed by atoms with Crippen molar-refractivity contribution in [2.45, 2.75) is 65.5 Å². The summed E-state index contributed by atoms with van der Waals surface area (Å²) in [5.41, 5.74) is -0.602. The zero-order valence-electron chi connectivity index (χ0n) is 13.2. The minimum absolute atomic E-state index is 0.370. The van der Waals surface area contributed by atoms with Gasteiger partial charge in [0, 0.05) is 6.54 Å². The van der Waals surface area contributed by atoms with Crippen molar-refractivity contribution in [3.63, 3.8) is 0 Å². The van der Waals surface area contributed by atoms with E-state index in [1.165, 1.54) is 4.90 Å². The van der Waals surface area contributed by atoms with Crippen molar-refractivity contribution in [1.82, 2.24) is 4.90 Å². The third kappa shape index (κ3) is 5.02. The number of carbonyl (C=O) groups is 2. The van der Waals surface area contributed by atoms with Crippen LogP contribution in [-0.4, -0.2) is 40.3 Å². The fourth-order valence-corrected chi connectivity index (χ4v) is 2.69. The molecule has 2 atom stereocenters. The first-order valence-electron chi connectivity index (χ1n) is 7.32. The molecule has 1 N–H and O–H groups in total. The summed E-state index contributed by atoms with van der Waals surface area (Å²) in [5, 5.41) is 9.36. The molecule has 1 amide bonds. The van der Waals surface area contributed by atoms with Crippen molar-refractivity contribution in [3.05, 3.63) is 0 Å². The quantitative estimate of drug-likeness (QED) is 0.865. The van der Waals surface area contributed by atoms with Crippen LogP contribution in [-0.2, 0) is 9.53 Å². The maximum atomic E-state index is 12.1. The fraction of sp³-hybridized carbons (Fsp3) is 0.867. The summed E-state index contributed by atoms with van der Waals surface area (Å²) in [7, 11) is 0. The van der Waals surface area contributed by atoms with Crippen LogP contribution in [0.5, 0.6) is 0 Å². The van der Waals surface area contributed by atoms with Gasteiger partial charge in [0.05, 0.1) is 0 Å². The lowest BCUT2D eigenvalue weighted by atomic mass is 9.85. The first-order chi connectivity index (χ1) is 9.10. The second kappa shape index (κ2) is 6.46. The Bertz CT molecular complexity index is 359. The third-order valence-corrected chi connectivity index (χ3v) is 3.43. The summed E-state index contributed by atoms with van der Waals surface area (Å²) in [6.07, 6.45) is 1.85. The highest BCUT2D eigenvalue weighted by atomic mass is 16.6. The maximum absolute atomic E-state index is 12.1. The molecule has 20 heavy (non-hydrogen) atoms. The van der Waals surface area contributed by atoms with Gasteiger partial charge >= 0.3 is 12.1 Å². The zero-order valence-corrected chi connectivity index (χ0v) is 13.2. The Kier molecular flexibility index (Phi) is 5.42. The second-order valence-electron chi connectivity index (χ2n) is 7.05. The molecule has 0 aromatic carbocycles. The SMILES string of the molecule is CC(C)C[C@H]1CCN(C(=O)OC(C)(C)C)[C@@H](C(=O)O)C1. The van der Waals surface area contributed by atoms with Crippen molar-refractivity contribution in [2.75, 3.05) is 6.54 Å². The largest absolute Gasteiger partial charge is 0.480 e. The van der Waals surface area contributed by atoms with Gasteiger partial charge in [0.15, 0.2) is 0 Å².